The lowest BCUT2D eigenvalue weighted by Gasteiger charge is -2.26. The van der Waals surface area contributed by atoms with Gasteiger partial charge in [-0.3, -0.25) is 9.59 Å². The normalized spacial score (nSPS) is 13.5. The molecule has 0 bridgehead atoms. The van der Waals surface area contributed by atoms with E-state index >= 15 is 0 Å². The van der Waals surface area contributed by atoms with Crippen LogP contribution in [0.4, 0.5) is 13.6 Å². The fourth-order valence-electron chi connectivity index (χ4n) is 2.09. The summed E-state index contributed by atoms with van der Waals surface area (Å²) in [6.45, 7) is 6.04. The van der Waals surface area contributed by atoms with Crippen LogP contribution < -0.4 is 5.32 Å². The predicted octanol–water partition coefficient (Wildman–Crippen LogP) is 2.53. The number of aldehydes is 1. The second-order valence-electron chi connectivity index (χ2n) is 6.44. The van der Waals surface area contributed by atoms with Gasteiger partial charge < -0.3 is 14.8 Å². The van der Waals surface area contributed by atoms with E-state index in [0.29, 0.717) is 12.4 Å². The maximum Gasteiger partial charge on any atom is 0.408 e. The van der Waals surface area contributed by atoms with Gasteiger partial charge in [-0.1, -0.05) is 0 Å². The number of benzene rings is 1. The van der Waals surface area contributed by atoms with Crippen molar-refractivity contribution in [2.75, 3.05) is 0 Å². The molecule has 138 valence electrons. The van der Waals surface area contributed by atoms with Crippen LogP contribution >= 0.6 is 0 Å². The van der Waals surface area contributed by atoms with E-state index in [1.807, 2.05) is 0 Å². The summed E-state index contributed by atoms with van der Waals surface area (Å²) < 4.78 is 36.7. The van der Waals surface area contributed by atoms with Crippen molar-refractivity contribution in [2.24, 2.45) is 0 Å². The number of carbonyl (C=O) groups is 3. The van der Waals surface area contributed by atoms with E-state index in [9.17, 15) is 23.2 Å². The highest BCUT2D eigenvalue weighted by Crippen LogP contribution is 2.14. The molecular formula is C17H21F2NO5. The van der Waals surface area contributed by atoms with E-state index in [0.717, 1.165) is 19.1 Å². The second-order valence-corrected chi connectivity index (χ2v) is 6.44. The molecule has 8 heteroatoms. The number of rotatable bonds is 6. The fraction of sp³-hybridized carbons (Fsp3) is 0.471. The zero-order valence-corrected chi connectivity index (χ0v) is 14.5. The molecule has 25 heavy (non-hydrogen) atoms. The van der Waals surface area contributed by atoms with E-state index < -0.39 is 41.4 Å². The third kappa shape index (κ3) is 7.73. The molecule has 0 unspecified atom stereocenters. The standard InChI is InChI=1S/C17H21F2NO5/c1-10(22)24-15(9-21)14(20-16(23)25-17(2,3)4)7-11-5-12(18)8-13(19)6-11/h5-6,8-9,14-15H,7H2,1-4H3,(H,20,23)/t14-,15-/m0/s1. The zero-order valence-electron chi connectivity index (χ0n) is 14.5. The Kier molecular flexibility index (Phi) is 7.02. The van der Waals surface area contributed by atoms with Crippen molar-refractivity contribution in [3.63, 3.8) is 0 Å². The molecular weight excluding hydrogens is 336 g/mol. The first-order chi connectivity index (χ1) is 11.5. The van der Waals surface area contributed by atoms with Crippen LogP contribution in [0, 0.1) is 11.6 Å². The molecule has 0 heterocycles. The molecule has 1 N–H and O–H groups in total. The molecule has 1 aromatic carbocycles. The summed E-state index contributed by atoms with van der Waals surface area (Å²) in [7, 11) is 0. The lowest BCUT2D eigenvalue weighted by molar-refractivity contribution is -0.151. The molecule has 2 atom stereocenters. The summed E-state index contributed by atoms with van der Waals surface area (Å²) >= 11 is 0. The van der Waals surface area contributed by atoms with Gasteiger partial charge in [0.25, 0.3) is 0 Å². The highest BCUT2D eigenvalue weighted by molar-refractivity contribution is 5.72. The van der Waals surface area contributed by atoms with Gasteiger partial charge in [0.15, 0.2) is 12.4 Å². The summed E-state index contributed by atoms with van der Waals surface area (Å²) in [6, 6.07) is 1.76. The van der Waals surface area contributed by atoms with Crippen molar-refractivity contribution >= 4 is 18.3 Å². The second kappa shape index (κ2) is 8.55. The van der Waals surface area contributed by atoms with Crippen LogP contribution in [-0.2, 0) is 25.5 Å². The zero-order chi connectivity index (χ0) is 19.2. The topological polar surface area (TPSA) is 81.7 Å². The van der Waals surface area contributed by atoms with Crippen molar-refractivity contribution in [1.29, 1.82) is 0 Å². The molecule has 0 fully saturated rings. The number of carbonyl (C=O) groups excluding carboxylic acids is 3. The number of amides is 1. The molecule has 1 rings (SSSR count). The first-order valence-electron chi connectivity index (χ1n) is 7.57. The third-order valence-electron chi connectivity index (χ3n) is 2.91. The van der Waals surface area contributed by atoms with Crippen LogP contribution in [0.3, 0.4) is 0 Å². The van der Waals surface area contributed by atoms with Gasteiger partial charge in [0.2, 0.25) is 0 Å². The molecule has 0 aliphatic rings. The molecule has 0 aliphatic heterocycles. The predicted molar refractivity (Wildman–Crippen MR) is 84.8 cm³/mol. The Balaban J connectivity index is 3.02. The number of hydrogen-bond acceptors (Lipinski definition) is 5. The molecule has 0 spiro atoms. The van der Waals surface area contributed by atoms with Crippen LogP contribution in [0.1, 0.15) is 33.3 Å². The molecule has 6 nitrogen and oxygen atoms in total. The first kappa shape index (κ1) is 20.5. The van der Waals surface area contributed by atoms with Gasteiger partial charge in [0.05, 0.1) is 6.04 Å². The Bertz CT molecular complexity index is 622. The quantitative estimate of drug-likeness (QED) is 0.625. The van der Waals surface area contributed by atoms with E-state index in [4.69, 9.17) is 9.47 Å². The van der Waals surface area contributed by atoms with E-state index in [2.05, 4.69) is 5.32 Å². The Morgan fingerprint density at radius 3 is 2.20 bits per heavy atom. The largest absolute Gasteiger partial charge is 0.453 e. The maximum atomic E-state index is 13.3. The summed E-state index contributed by atoms with van der Waals surface area (Å²) in [5.41, 5.74) is -0.616. The molecule has 0 radical (unpaired) electrons. The maximum absolute atomic E-state index is 13.3. The Morgan fingerprint density at radius 1 is 1.20 bits per heavy atom. The Hall–Kier alpha value is -2.51. The summed E-state index contributed by atoms with van der Waals surface area (Å²) in [4.78, 5) is 34.4. The molecule has 0 aromatic heterocycles. The third-order valence-corrected chi connectivity index (χ3v) is 2.91. The van der Waals surface area contributed by atoms with Gasteiger partial charge in [-0.15, -0.1) is 0 Å². The summed E-state index contributed by atoms with van der Waals surface area (Å²) in [5.74, 6) is -2.35. The highest BCUT2D eigenvalue weighted by atomic mass is 19.1. The minimum Gasteiger partial charge on any atom is -0.453 e. The van der Waals surface area contributed by atoms with Gasteiger partial charge in [0, 0.05) is 13.0 Å². The first-order valence-corrected chi connectivity index (χ1v) is 7.57. The summed E-state index contributed by atoms with van der Waals surface area (Å²) in [5, 5.41) is 2.40. The summed E-state index contributed by atoms with van der Waals surface area (Å²) in [6.07, 6.45) is -2.01. The van der Waals surface area contributed by atoms with Crippen molar-refractivity contribution in [1.82, 2.24) is 5.32 Å². The minimum absolute atomic E-state index is 0.148. The molecule has 0 saturated carbocycles. The van der Waals surface area contributed by atoms with Crippen LogP contribution in [0.25, 0.3) is 0 Å². The number of alkyl carbamates (subject to hydrolysis) is 1. The highest BCUT2D eigenvalue weighted by Gasteiger charge is 2.28. The average Bonchev–Trinajstić information content (AvgIpc) is 2.40. The minimum atomic E-state index is -1.34. The number of nitrogens with one attached hydrogen (secondary N) is 1. The number of ether oxygens (including phenoxy) is 2. The lowest BCUT2D eigenvalue weighted by Crippen LogP contribution is -2.48. The Morgan fingerprint density at radius 2 is 1.76 bits per heavy atom. The molecule has 0 aliphatic carbocycles. The monoisotopic (exact) mass is 357 g/mol. The van der Waals surface area contributed by atoms with Crippen molar-refractivity contribution in [2.45, 2.75) is 51.9 Å². The van der Waals surface area contributed by atoms with Gasteiger partial charge in [-0.25, -0.2) is 13.6 Å². The van der Waals surface area contributed by atoms with E-state index in [-0.39, 0.29) is 12.0 Å². The van der Waals surface area contributed by atoms with Gasteiger partial charge >= 0.3 is 12.1 Å². The van der Waals surface area contributed by atoms with Gasteiger partial charge in [-0.2, -0.15) is 0 Å². The molecule has 1 aromatic rings. The molecule has 1 amide bonds. The number of halogens is 2. The van der Waals surface area contributed by atoms with Crippen molar-refractivity contribution in [3.8, 4) is 0 Å². The van der Waals surface area contributed by atoms with Crippen LogP contribution in [0.5, 0.6) is 0 Å². The van der Waals surface area contributed by atoms with Crippen LogP contribution in [0.2, 0.25) is 0 Å². The lowest BCUT2D eigenvalue weighted by atomic mass is 10.0. The number of hydrogen-bond donors (Lipinski definition) is 1. The number of esters is 1. The van der Waals surface area contributed by atoms with Crippen LogP contribution in [-0.4, -0.2) is 36.1 Å². The van der Waals surface area contributed by atoms with Crippen molar-refractivity contribution in [3.05, 3.63) is 35.4 Å². The molecule has 0 saturated heterocycles. The van der Waals surface area contributed by atoms with Gasteiger partial charge in [-0.05, 0) is 44.9 Å². The van der Waals surface area contributed by atoms with Crippen molar-refractivity contribution < 1.29 is 32.6 Å². The average molecular weight is 357 g/mol. The van der Waals surface area contributed by atoms with E-state index in [1.54, 1.807) is 20.8 Å². The Labute approximate surface area is 144 Å². The smallest absolute Gasteiger partial charge is 0.408 e. The van der Waals surface area contributed by atoms with Gasteiger partial charge in [0.1, 0.15) is 17.2 Å². The SMILES string of the molecule is CC(=O)O[C@@H](C=O)[C@H](Cc1cc(F)cc(F)c1)NC(=O)OC(C)(C)C. The van der Waals surface area contributed by atoms with Crippen LogP contribution in [0.15, 0.2) is 18.2 Å². The van der Waals surface area contributed by atoms with E-state index in [1.165, 1.54) is 0 Å². The fourth-order valence-corrected chi connectivity index (χ4v) is 2.09.